The van der Waals surface area contributed by atoms with E-state index in [0.717, 1.165) is 0 Å². The molecule has 1 aromatic carbocycles. The number of hydrogen-bond donors (Lipinski definition) is 3. The molecule has 2 atom stereocenters. The van der Waals surface area contributed by atoms with Crippen LogP contribution in [-0.4, -0.2) is 42.6 Å². The van der Waals surface area contributed by atoms with Crippen LogP contribution in [0.3, 0.4) is 0 Å². The highest BCUT2D eigenvalue weighted by atomic mass is 16.5. The van der Waals surface area contributed by atoms with Crippen molar-refractivity contribution in [2.45, 2.75) is 38.5 Å². The molecule has 20 heavy (non-hydrogen) atoms. The quantitative estimate of drug-likeness (QED) is 0.707. The van der Waals surface area contributed by atoms with Crippen LogP contribution in [0.4, 0.5) is 0 Å². The molecular weight excluding hydrogens is 258 g/mol. The normalized spacial score (nSPS) is 14.8. The molecule has 114 valence electrons. The molecular formula is C15H25NO4. The summed E-state index contributed by atoms with van der Waals surface area (Å²) in [6, 6.07) is 5.07. The fraction of sp³-hybridized carbons (Fsp3) is 0.600. The molecule has 1 rings (SSSR count). The minimum absolute atomic E-state index is 0.0101. The lowest BCUT2D eigenvalue weighted by Gasteiger charge is -2.31. The molecule has 0 spiro atoms. The first-order valence-electron chi connectivity index (χ1n) is 6.63. The largest absolute Gasteiger partial charge is 0.497 e. The number of aliphatic hydroxyl groups excluding tert-OH is 2. The summed E-state index contributed by atoms with van der Waals surface area (Å²) in [6.07, 6.45) is -0.748. The molecule has 0 aliphatic rings. The Morgan fingerprint density at radius 3 is 2.40 bits per heavy atom. The van der Waals surface area contributed by atoms with Crippen LogP contribution in [0.2, 0.25) is 0 Å². The second-order valence-corrected chi connectivity index (χ2v) is 5.53. The van der Waals surface area contributed by atoms with Gasteiger partial charge in [0.25, 0.3) is 0 Å². The number of aliphatic hydroxyl groups is 2. The highest BCUT2D eigenvalue weighted by Crippen LogP contribution is 2.31. The first-order chi connectivity index (χ1) is 9.34. The van der Waals surface area contributed by atoms with Crippen molar-refractivity contribution in [3.63, 3.8) is 0 Å². The summed E-state index contributed by atoms with van der Waals surface area (Å²) in [5, 5.41) is 22.9. The van der Waals surface area contributed by atoms with Crippen LogP contribution in [0, 0.1) is 0 Å². The summed E-state index contributed by atoms with van der Waals surface area (Å²) < 4.78 is 10.4. The van der Waals surface area contributed by atoms with Gasteiger partial charge in [0, 0.05) is 23.2 Å². The van der Waals surface area contributed by atoms with Crippen molar-refractivity contribution < 1.29 is 19.7 Å². The van der Waals surface area contributed by atoms with Gasteiger partial charge in [-0.05, 0) is 32.9 Å². The number of nitrogens with one attached hydrogen (secondary N) is 1. The van der Waals surface area contributed by atoms with Gasteiger partial charge in [-0.1, -0.05) is 0 Å². The smallest absolute Gasteiger partial charge is 0.128 e. The number of rotatable bonds is 7. The SMILES string of the molecule is COc1ccc(C(O)C(C)NC(C)(C)CO)c(OC)c1. The summed E-state index contributed by atoms with van der Waals surface area (Å²) in [5.41, 5.74) is 0.224. The van der Waals surface area contributed by atoms with Crippen molar-refractivity contribution in [2.75, 3.05) is 20.8 Å². The van der Waals surface area contributed by atoms with E-state index >= 15 is 0 Å². The molecule has 0 saturated carbocycles. The Morgan fingerprint density at radius 1 is 1.25 bits per heavy atom. The summed E-state index contributed by atoms with van der Waals surface area (Å²) >= 11 is 0. The zero-order valence-electron chi connectivity index (χ0n) is 12.8. The van der Waals surface area contributed by atoms with Gasteiger partial charge in [0.1, 0.15) is 11.5 Å². The summed E-state index contributed by atoms with van der Waals surface area (Å²) in [5.74, 6) is 1.25. The van der Waals surface area contributed by atoms with Crippen LogP contribution >= 0.6 is 0 Å². The monoisotopic (exact) mass is 283 g/mol. The molecule has 0 aliphatic carbocycles. The molecule has 0 radical (unpaired) electrons. The maximum absolute atomic E-state index is 10.5. The van der Waals surface area contributed by atoms with Crippen molar-refractivity contribution >= 4 is 0 Å². The molecule has 0 bridgehead atoms. The van der Waals surface area contributed by atoms with Crippen LogP contribution in [0.25, 0.3) is 0 Å². The second kappa shape index (κ2) is 6.92. The summed E-state index contributed by atoms with van der Waals surface area (Å²) in [4.78, 5) is 0. The maximum Gasteiger partial charge on any atom is 0.128 e. The molecule has 5 nitrogen and oxygen atoms in total. The van der Waals surface area contributed by atoms with Crippen LogP contribution in [0.15, 0.2) is 18.2 Å². The van der Waals surface area contributed by atoms with Gasteiger partial charge < -0.3 is 25.0 Å². The molecule has 0 saturated heterocycles. The Labute approximate surface area is 120 Å². The molecule has 3 N–H and O–H groups in total. The third kappa shape index (κ3) is 4.10. The predicted octanol–water partition coefficient (Wildman–Crippen LogP) is 1.49. The Bertz CT molecular complexity index is 434. The molecule has 0 amide bonds. The van der Waals surface area contributed by atoms with E-state index in [-0.39, 0.29) is 12.6 Å². The molecule has 0 heterocycles. The topological polar surface area (TPSA) is 71.0 Å². The van der Waals surface area contributed by atoms with E-state index in [0.29, 0.717) is 17.1 Å². The average Bonchev–Trinajstić information content (AvgIpc) is 2.45. The Morgan fingerprint density at radius 2 is 1.90 bits per heavy atom. The molecule has 0 aromatic heterocycles. The fourth-order valence-corrected chi connectivity index (χ4v) is 2.07. The minimum atomic E-state index is -0.748. The third-order valence-electron chi connectivity index (χ3n) is 3.25. The van der Waals surface area contributed by atoms with Gasteiger partial charge in [0.05, 0.1) is 26.9 Å². The highest BCUT2D eigenvalue weighted by molar-refractivity contribution is 5.42. The van der Waals surface area contributed by atoms with E-state index in [1.807, 2.05) is 20.8 Å². The minimum Gasteiger partial charge on any atom is -0.497 e. The Balaban J connectivity index is 2.93. The zero-order chi connectivity index (χ0) is 15.3. The number of hydrogen-bond acceptors (Lipinski definition) is 5. The van der Waals surface area contributed by atoms with E-state index in [4.69, 9.17) is 9.47 Å². The molecule has 2 unspecified atom stereocenters. The summed E-state index contributed by atoms with van der Waals surface area (Å²) in [7, 11) is 3.14. The van der Waals surface area contributed by atoms with Crippen molar-refractivity contribution in [3.05, 3.63) is 23.8 Å². The van der Waals surface area contributed by atoms with Crippen LogP contribution in [0.1, 0.15) is 32.4 Å². The first kappa shape index (κ1) is 16.8. The van der Waals surface area contributed by atoms with E-state index in [2.05, 4.69) is 5.32 Å². The first-order valence-corrected chi connectivity index (χ1v) is 6.63. The molecule has 0 fully saturated rings. The van der Waals surface area contributed by atoms with Gasteiger partial charge >= 0.3 is 0 Å². The van der Waals surface area contributed by atoms with Gasteiger partial charge in [0.15, 0.2) is 0 Å². The third-order valence-corrected chi connectivity index (χ3v) is 3.25. The lowest BCUT2D eigenvalue weighted by molar-refractivity contribution is 0.0971. The van der Waals surface area contributed by atoms with E-state index in [9.17, 15) is 10.2 Å². The fourth-order valence-electron chi connectivity index (χ4n) is 2.07. The van der Waals surface area contributed by atoms with Gasteiger partial charge in [-0.25, -0.2) is 0 Å². The zero-order valence-corrected chi connectivity index (χ0v) is 12.8. The van der Waals surface area contributed by atoms with Gasteiger partial charge in [-0.3, -0.25) is 0 Å². The average molecular weight is 283 g/mol. The lowest BCUT2D eigenvalue weighted by atomic mass is 9.98. The van der Waals surface area contributed by atoms with Gasteiger partial charge in [0.2, 0.25) is 0 Å². The lowest BCUT2D eigenvalue weighted by Crippen LogP contribution is -2.49. The Hall–Kier alpha value is -1.30. The number of benzene rings is 1. The van der Waals surface area contributed by atoms with Crippen LogP contribution < -0.4 is 14.8 Å². The Kier molecular flexibility index (Phi) is 5.80. The second-order valence-electron chi connectivity index (χ2n) is 5.53. The van der Waals surface area contributed by atoms with Crippen LogP contribution in [-0.2, 0) is 0 Å². The van der Waals surface area contributed by atoms with Crippen molar-refractivity contribution in [1.29, 1.82) is 0 Å². The van der Waals surface area contributed by atoms with Crippen LogP contribution in [0.5, 0.6) is 11.5 Å². The summed E-state index contributed by atoms with van der Waals surface area (Å²) in [6.45, 7) is 5.61. The van der Waals surface area contributed by atoms with Gasteiger partial charge in [-0.2, -0.15) is 0 Å². The predicted molar refractivity (Wildman–Crippen MR) is 78.3 cm³/mol. The van der Waals surface area contributed by atoms with Crippen molar-refractivity contribution in [3.8, 4) is 11.5 Å². The number of ether oxygens (including phenoxy) is 2. The van der Waals surface area contributed by atoms with Crippen molar-refractivity contribution in [2.24, 2.45) is 0 Å². The maximum atomic E-state index is 10.5. The molecule has 1 aromatic rings. The van der Waals surface area contributed by atoms with Crippen molar-refractivity contribution in [1.82, 2.24) is 5.32 Å². The highest BCUT2D eigenvalue weighted by Gasteiger charge is 2.26. The molecule has 0 aliphatic heterocycles. The molecule has 5 heteroatoms. The van der Waals surface area contributed by atoms with E-state index in [1.165, 1.54) is 0 Å². The van der Waals surface area contributed by atoms with Gasteiger partial charge in [-0.15, -0.1) is 0 Å². The number of methoxy groups -OCH3 is 2. The van der Waals surface area contributed by atoms with E-state index in [1.54, 1.807) is 32.4 Å². The van der Waals surface area contributed by atoms with E-state index < -0.39 is 11.6 Å². The standard InChI is InChI=1S/C15H25NO4/c1-10(16-15(2,3)9-17)14(18)12-7-6-11(19-4)8-13(12)20-5/h6-8,10,14,16-18H,9H2,1-5H3.